The topological polar surface area (TPSA) is 78.3 Å². The molecule has 0 aliphatic carbocycles. The number of anilines is 1. The zero-order valence-electron chi connectivity index (χ0n) is 20.2. The molecule has 1 unspecified atom stereocenters. The molecule has 1 N–H and O–H groups in total. The smallest absolute Gasteiger partial charge is 0.234 e. The summed E-state index contributed by atoms with van der Waals surface area (Å²) in [5.41, 5.74) is 3.89. The molecule has 0 bridgehead atoms. The Morgan fingerprint density at radius 2 is 1.77 bits per heavy atom. The molecule has 0 radical (unpaired) electrons. The molecule has 0 fully saturated rings. The van der Waals surface area contributed by atoms with E-state index < -0.39 is 6.10 Å². The summed E-state index contributed by atoms with van der Waals surface area (Å²) >= 11 is 1.33. The second kappa shape index (κ2) is 11.1. The Morgan fingerprint density at radius 1 is 1.00 bits per heavy atom. The first-order chi connectivity index (χ1) is 16.9. The molecule has 0 aliphatic heterocycles. The van der Waals surface area contributed by atoms with Gasteiger partial charge in [-0.25, -0.2) is 0 Å². The Labute approximate surface area is 209 Å². The van der Waals surface area contributed by atoms with Crippen molar-refractivity contribution in [1.29, 1.82) is 0 Å². The van der Waals surface area contributed by atoms with Gasteiger partial charge in [0, 0.05) is 17.4 Å². The van der Waals surface area contributed by atoms with Crippen LogP contribution in [-0.4, -0.2) is 33.5 Å². The molecule has 8 heteroatoms. The Hall–Kier alpha value is -3.78. The van der Waals surface area contributed by atoms with Crippen LogP contribution in [0.4, 0.5) is 5.69 Å². The number of nitrogens with one attached hydrogen (secondary N) is 1. The van der Waals surface area contributed by atoms with Crippen molar-refractivity contribution in [2.75, 3.05) is 18.2 Å². The number of rotatable bonds is 9. The number of methoxy groups -OCH3 is 1. The zero-order valence-corrected chi connectivity index (χ0v) is 21.0. The molecule has 35 heavy (non-hydrogen) atoms. The molecule has 0 saturated heterocycles. The molecule has 180 valence electrons. The summed E-state index contributed by atoms with van der Waals surface area (Å²) in [5, 5.41) is 12.4. The second-order valence-corrected chi connectivity index (χ2v) is 9.05. The fraction of sp³-hybridized carbons (Fsp3) is 0.222. The third-order valence-corrected chi connectivity index (χ3v) is 6.31. The van der Waals surface area contributed by atoms with Crippen molar-refractivity contribution in [3.05, 3.63) is 89.7 Å². The van der Waals surface area contributed by atoms with Crippen molar-refractivity contribution in [1.82, 2.24) is 14.8 Å². The standard InChI is InChI=1S/C27H28N4O3S/c1-18-13-14-24(19(2)15-18)28-25(32)17-35-27-30-29-26(31(27)21-9-6-5-7-10-21)20(3)34-23-12-8-11-22(16-23)33-4/h5-16,20H,17H2,1-4H3,(H,28,32). The fourth-order valence-corrected chi connectivity index (χ4v) is 4.42. The van der Waals surface area contributed by atoms with E-state index in [1.165, 1.54) is 11.8 Å². The lowest BCUT2D eigenvalue weighted by atomic mass is 10.1. The van der Waals surface area contributed by atoms with Gasteiger partial charge in [0.05, 0.1) is 12.9 Å². The molecule has 1 heterocycles. The van der Waals surface area contributed by atoms with Gasteiger partial charge in [-0.2, -0.15) is 0 Å². The summed E-state index contributed by atoms with van der Waals surface area (Å²) in [6.07, 6.45) is -0.395. The lowest BCUT2D eigenvalue weighted by molar-refractivity contribution is -0.113. The van der Waals surface area contributed by atoms with Crippen LogP contribution in [0.3, 0.4) is 0 Å². The Kier molecular flexibility index (Phi) is 7.72. The Bertz CT molecular complexity index is 1310. The first-order valence-electron chi connectivity index (χ1n) is 11.3. The van der Waals surface area contributed by atoms with Gasteiger partial charge in [-0.15, -0.1) is 10.2 Å². The lowest BCUT2D eigenvalue weighted by Crippen LogP contribution is -2.16. The van der Waals surface area contributed by atoms with E-state index >= 15 is 0 Å². The zero-order chi connectivity index (χ0) is 24.8. The Balaban J connectivity index is 1.54. The van der Waals surface area contributed by atoms with E-state index in [0.717, 1.165) is 22.5 Å². The largest absolute Gasteiger partial charge is 0.497 e. The Morgan fingerprint density at radius 3 is 2.51 bits per heavy atom. The highest BCUT2D eigenvalue weighted by molar-refractivity contribution is 7.99. The summed E-state index contributed by atoms with van der Waals surface area (Å²) in [7, 11) is 1.62. The van der Waals surface area contributed by atoms with Gasteiger partial charge in [-0.1, -0.05) is 53.7 Å². The fourth-order valence-electron chi connectivity index (χ4n) is 3.66. The van der Waals surface area contributed by atoms with Crippen LogP contribution in [0.15, 0.2) is 78.0 Å². The number of aryl methyl sites for hydroxylation is 2. The number of nitrogens with zero attached hydrogens (tertiary/aromatic N) is 3. The number of ether oxygens (including phenoxy) is 2. The number of benzene rings is 3. The molecule has 1 atom stereocenters. The number of carbonyl (C=O) groups is 1. The quantitative estimate of drug-likeness (QED) is 0.302. The normalized spacial score (nSPS) is 11.7. The van der Waals surface area contributed by atoms with Crippen LogP contribution in [0.5, 0.6) is 11.5 Å². The maximum absolute atomic E-state index is 12.7. The summed E-state index contributed by atoms with van der Waals surface area (Å²) in [5.74, 6) is 2.11. The van der Waals surface area contributed by atoms with Gasteiger partial charge < -0.3 is 14.8 Å². The van der Waals surface area contributed by atoms with Gasteiger partial charge >= 0.3 is 0 Å². The second-order valence-electron chi connectivity index (χ2n) is 8.11. The number of para-hydroxylation sites is 1. The lowest BCUT2D eigenvalue weighted by Gasteiger charge is -2.17. The highest BCUT2D eigenvalue weighted by atomic mass is 32.2. The first-order valence-corrected chi connectivity index (χ1v) is 12.2. The summed E-state index contributed by atoms with van der Waals surface area (Å²) < 4.78 is 13.4. The molecule has 0 spiro atoms. The van der Waals surface area contributed by atoms with Gasteiger partial charge in [-0.05, 0) is 56.7 Å². The maximum atomic E-state index is 12.7. The molecular formula is C27H28N4O3S. The molecule has 4 aromatic rings. The van der Waals surface area contributed by atoms with Gasteiger partial charge in [0.25, 0.3) is 0 Å². The van der Waals surface area contributed by atoms with Crippen LogP contribution in [0.2, 0.25) is 0 Å². The van der Waals surface area contributed by atoms with Crippen LogP contribution in [-0.2, 0) is 4.79 Å². The van der Waals surface area contributed by atoms with Crippen molar-refractivity contribution in [3.8, 4) is 17.2 Å². The van der Waals surface area contributed by atoms with E-state index in [4.69, 9.17) is 9.47 Å². The minimum absolute atomic E-state index is 0.105. The molecule has 1 amide bonds. The molecular weight excluding hydrogens is 460 g/mol. The minimum Gasteiger partial charge on any atom is -0.497 e. The van der Waals surface area contributed by atoms with Gasteiger partial charge in [0.15, 0.2) is 17.1 Å². The van der Waals surface area contributed by atoms with Crippen molar-refractivity contribution in [2.45, 2.75) is 32.0 Å². The SMILES string of the molecule is COc1cccc(OC(C)c2nnc(SCC(=O)Nc3ccc(C)cc3C)n2-c2ccccc2)c1. The van der Waals surface area contributed by atoms with E-state index in [9.17, 15) is 4.79 Å². The van der Waals surface area contributed by atoms with E-state index in [2.05, 4.69) is 15.5 Å². The number of thioether (sulfide) groups is 1. The van der Waals surface area contributed by atoms with Crippen LogP contribution < -0.4 is 14.8 Å². The average molecular weight is 489 g/mol. The number of hydrogen-bond donors (Lipinski definition) is 1. The highest BCUT2D eigenvalue weighted by Gasteiger charge is 2.22. The van der Waals surface area contributed by atoms with Crippen molar-refractivity contribution < 1.29 is 14.3 Å². The molecule has 3 aromatic carbocycles. The van der Waals surface area contributed by atoms with Crippen LogP contribution in [0.25, 0.3) is 5.69 Å². The minimum atomic E-state index is -0.395. The monoisotopic (exact) mass is 488 g/mol. The van der Waals surface area contributed by atoms with Gasteiger partial charge in [0.2, 0.25) is 5.91 Å². The highest BCUT2D eigenvalue weighted by Crippen LogP contribution is 2.29. The summed E-state index contributed by atoms with van der Waals surface area (Å²) in [6.45, 7) is 5.93. The number of hydrogen-bond acceptors (Lipinski definition) is 6. The third kappa shape index (κ3) is 6.02. The molecule has 0 saturated carbocycles. The van der Waals surface area contributed by atoms with Gasteiger partial charge in [0.1, 0.15) is 11.5 Å². The van der Waals surface area contributed by atoms with Crippen LogP contribution in [0, 0.1) is 13.8 Å². The third-order valence-electron chi connectivity index (χ3n) is 5.38. The van der Waals surface area contributed by atoms with Gasteiger partial charge in [-0.3, -0.25) is 9.36 Å². The van der Waals surface area contributed by atoms with Crippen LogP contribution in [0.1, 0.15) is 30.0 Å². The van der Waals surface area contributed by atoms with Crippen molar-refractivity contribution >= 4 is 23.4 Å². The van der Waals surface area contributed by atoms with Crippen molar-refractivity contribution in [2.24, 2.45) is 0 Å². The van der Waals surface area contributed by atoms with E-state index in [0.29, 0.717) is 22.5 Å². The molecule has 0 aliphatic rings. The molecule has 7 nitrogen and oxygen atoms in total. The number of amides is 1. The predicted octanol–water partition coefficient (Wildman–Crippen LogP) is 5.76. The predicted molar refractivity (Wildman–Crippen MR) is 139 cm³/mol. The van der Waals surface area contributed by atoms with E-state index in [1.54, 1.807) is 7.11 Å². The average Bonchev–Trinajstić information content (AvgIpc) is 3.29. The maximum Gasteiger partial charge on any atom is 0.234 e. The number of aromatic nitrogens is 3. The molecule has 1 aromatic heterocycles. The first kappa shape index (κ1) is 24.3. The summed E-state index contributed by atoms with van der Waals surface area (Å²) in [6, 6.07) is 23.2. The number of carbonyl (C=O) groups excluding carboxylic acids is 1. The van der Waals surface area contributed by atoms with E-state index in [1.807, 2.05) is 98.1 Å². The van der Waals surface area contributed by atoms with E-state index in [-0.39, 0.29) is 11.7 Å². The molecule has 4 rings (SSSR count). The summed E-state index contributed by atoms with van der Waals surface area (Å²) in [4.78, 5) is 12.7. The van der Waals surface area contributed by atoms with Crippen molar-refractivity contribution in [3.63, 3.8) is 0 Å². The van der Waals surface area contributed by atoms with Crippen LogP contribution >= 0.6 is 11.8 Å².